The van der Waals surface area contributed by atoms with Crippen LogP contribution in [0.3, 0.4) is 0 Å². The molecule has 2 N–H and O–H groups in total. The molecule has 0 aliphatic rings. The average molecular weight is 273 g/mol. The van der Waals surface area contributed by atoms with Gasteiger partial charge in [-0.1, -0.05) is 35.0 Å². The van der Waals surface area contributed by atoms with E-state index in [1.165, 1.54) is 5.56 Å². The topological polar surface area (TPSA) is 67.2 Å². The van der Waals surface area contributed by atoms with Crippen LogP contribution < -0.4 is 10.6 Å². The van der Waals surface area contributed by atoms with Crippen molar-refractivity contribution >= 4 is 5.91 Å². The zero-order valence-electron chi connectivity index (χ0n) is 11.8. The summed E-state index contributed by atoms with van der Waals surface area (Å²) in [5, 5.41) is 9.75. The highest BCUT2D eigenvalue weighted by Gasteiger charge is 2.13. The lowest BCUT2D eigenvalue weighted by atomic mass is 10.1. The van der Waals surface area contributed by atoms with Gasteiger partial charge in [0.05, 0.1) is 0 Å². The lowest BCUT2D eigenvalue weighted by molar-refractivity contribution is 0.0916. The molecule has 0 saturated carbocycles. The molecule has 2 rings (SSSR count). The van der Waals surface area contributed by atoms with E-state index in [9.17, 15) is 4.79 Å². The molecular formula is C15H19N3O2. The highest BCUT2D eigenvalue weighted by Crippen LogP contribution is 2.19. The van der Waals surface area contributed by atoms with Crippen molar-refractivity contribution in [3.05, 3.63) is 41.7 Å². The summed E-state index contributed by atoms with van der Waals surface area (Å²) in [6.07, 6.45) is 0.876. The number of benzene rings is 1. The van der Waals surface area contributed by atoms with Gasteiger partial charge in [-0.25, -0.2) is 0 Å². The number of aryl methyl sites for hydroxylation is 1. The van der Waals surface area contributed by atoms with Crippen LogP contribution in [0.1, 0.15) is 22.5 Å². The predicted octanol–water partition coefficient (Wildman–Crippen LogP) is 1.99. The molecule has 0 aliphatic carbocycles. The Labute approximate surface area is 118 Å². The van der Waals surface area contributed by atoms with Gasteiger partial charge in [-0.2, -0.15) is 0 Å². The van der Waals surface area contributed by atoms with Crippen LogP contribution in [0.5, 0.6) is 0 Å². The van der Waals surface area contributed by atoms with E-state index < -0.39 is 0 Å². The van der Waals surface area contributed by atoms with Crippen LogP contribution in [0.2, 0.25) is 0 Å². The van der Waals surface area contributed by atoms with Gasteiger partial charge in [0, 0.05) is 18.2 Å². The molecule has 0 fully saturated rings. The molecule has 0 saturated heterocycles. The Hall–Kier alpha value is -2.14. The maximum atomic E-state index is 11.8. The second kappa shape index (κ2) is 6.86. The number of amides is 1. The number of carbonyl (C=O) groups excluding carboxylic acids is 1. The van der Waals surface area contributed by atoms with Crippen molar-refractivity contribution in [1.29, 1.82) is 0 Å². The fourth-order valence-corrected chi connectivity index (χ4v) is 1.80. The van der Waals surface area contributed by atoms with Crippen molar-refractivity contribution in [3.63, 3.8) is 0 Å². The maximum absolute atomic E-state index is 11.8. The zero-order valence-corrected chi connectivity index (χ0v) is 11.8. The average Bonchev–Trinajstić information content (AvgIpc) is 2.94. The second-order valence-electron chi connectivity index (χ2n) is 4.66. The highest BCUT2D eigenvalue weighted by molar-refractivity contribution is 5.92. The molecule has 0 aliphatic heterocycles. The van der Waals surface area contributed by atoms with E-state index in [4.69, 9.17) is 4.52 Å². The van der Waals surface area contributed by atoms with Crippen LogP contribution in [-0.2, 0) is 0 Å². The monoisotopic (exact) mass is 273 g/mol. The molecular weight excluding hydrogens is 254 g/mol. The van der Waals surface area contributed by atoms with Crippen molar-refractivity contribution in [2.75, 3.05) is 20.1 Å². The van der Waals surface area contributed by atoms with Crippen LogP contribution >= 0.6 is 0 Å². The first-order valence-corrected chi connectivity index (χ1v) is 6.67. The van der Waals surface area contributed by atoms with Crippen LogP contribution in [0.4, 0.5) is 0 Å². The molecule has 0 radical (unpaired) electrons. The summed E-state index contributed by atoms with van der Waals surface area (Å²) in [5.74, 6) is 0.0111. The minimum atomic E-state index is -0.230. The lowest BCUT2D eigenvalue weighted by Crippen LogP contribution is -2.26. The van der Waals surface area contributed by atoms with E-state index in [1.807, 2.05) is 38.2 Å². The molecule has 1 amide bonds. The first-order chi connectivity index (χ1) is 9.70. The Morgan fingerprint density at radius 3 is 2.70 bits per heavy atom. The Bertz CT molecular complexity index is 561. The van der Waals surface area contributed by atoms with Crippen molar-refractivity contribution in [2.45, 2.75) is 13.3 Å². The summed E-state index contributed by atoms with van der Waals surface area (Å²) in [7, 11) is 1.88. The maximum Gasteiger partial charge on any atom is 0.289 e. The predicted molar refractivity (Wildman–Crippen MR) is 77.6 cm³/mol. The van der Waals surface area contributed by atoms with Gasteiger partial charge in [0.1, 0.15) is 5.69 Å². The first kappa shape index (κ1) is 14.3. The standard InChI is InChI=1S/C15H19N3O2/c1-11-4-6-12(7-5-11)13-10-14(20-18-13)15(19)17-9-3-8-16-2/h4-7,10,16H,3,8-9H2,1-2H3,(H,17,19). The number of hydrogen-bond acceptors (Lipinski definition) is 4. The van der Waals surface area contributed by atoms with Gasteiger partial charge >= 0.3 is 0 Å². The van der Waals surface area contributed by atoms with E-state index in [0.717, 1.165) is 18.5 Å². The van der Waals surface area contributed by atoms with Crippen molar-refractivity contribution < 1.29 is 9.32 Å². The molecule has 0 atom stereocenters. The summed E-state index contributed by atoms with van der Waals surface area (Å²) in [6, 6.07) is 9.59. The largest absolute Gasteiger partial charge is 0.350 e. The Kier molecular flexibility index (Phi) is 4.90. The number of rotatable bonds is 6. The lowest BCUT2D eigenvalue weighted by Gasteiger charge is -2.01. The summed E-state index contributed by atoms with van der Waals surface area (Å²) < 4.78 is 5.09. The Balaban J connectivity index is 1.98. The number of carbonyl (C=O) groups is 1. The SMILES string of the molecule is CNCCCNC(=O)c1cc(-c2ccc(C)cc2)no1. The number of hydrogen-bond donors (Lipinski definition) is 2. The second-order valence-corrected chi connectivity index (χ2v) is 4.66. The van der Waals surface area contributed by atoms with E-state index in [2.05, 4.69) is 15.8 Å². The third-order valence-corrected chi connectivity index (χ3v) is 2.97. The fraction of sp³-hybridized carbons (Fsp3) is 0.333. The number of aromatic nitrogens is 1. The third-order valence-electron chi connectivity index (χ3n) is 2.97. The van der Waals surface area contributed by atoms with Gasteiger partial charge in [-0.15, -0.1) is 0 Å². The van der Waals surface area contributed by atoms with Crippen LogP contribution in [-0.4, -0.2) is 31.2 Å². The quantitative estimate of drug-likeness (QED) is 0.790. The summed E-state index contributed by atoms with van der Waals surface area (Å²) in [4.78, 5) is 11.8. The molecule has 106 valence electrons. The van der Waals surface area contributed by atoms with Crippen LogP contribution in [0, 0.1) is 6.92 Å². The molecule has 1 aromatic carbocycles. The fourth-order valence-electron chi connectivity index (χ4n) is 1.80. The molecule has 0 bridgehead atoms. The highest BCUT2D eigenvalue weighted by atomic mass is 16.5. The smallest absolute Gasteiger partial charge is 0.289 e. The first-order valence-electron chi connectivity index (χ1n) is 6.67. The van der Waals surface area contributed by atoms with E-state index in [-0.39, 0.29) is 11.7 Å². The van der Waals surface area contributed by atoms with Gasteiger partial charge in [0.2, 0.25) is 5.76 Å². The van der Waals surface area contributed by atoms with Crippen LogP contribution in [0.15, 0.2) is 34.9 Å². The van der Waals surface area contributed by atoms with E-state index in [1.54, 1.807) is 6.07 Å². The summed E-state index contributed by atoms with van der Waals surface area (Å²) in [5.41, 5.74) is 2.79. The van der Waals surface area contributed by atoms with E-state index in [0.29, 0.717) is 12.2 Å². The molecule has 20 heavy (non-hydrogen) atoms. The van der Waals surface area contributed by atoms with Gasteiger partial charge < -0.3 is 15.2 Å². The summed E-state index contributed by atoms with van der Waals surface area (Å²) >= 11 is 0. The van der Waals surface area contributed by atoms with Crippen molar-refractivity contribution in [2.24, 2.45) is 0 Å². The van der Waals surface area contributed by atoms with Crippen LogP contribution in [0.25, 0.3) is 11.3 Å². The molecule has 0 spiro atoms. The van der Waals surface area contributed by atoms with Crippen molar-refractivity contribution in [3.8, 4) is 11.3 Å². The third kappa shape index (κ3) is 3.68. The minimum Gasteiger partial charge on any atom is -0.350 e. The summed E-state index contributed by atoms with van der Waals surface area (Å²) in [6.45, 7) is 3.50. The van der Waals surface area contributed by atoms with Gasteiger partial charge in [0.15, 0.2) is 0 Å². The Morgan fingerprint density at radius 2 is 2.00 bits per heavy atom. The molecule has 5 heteroatoms. The minimum absolute atomic E-state index is 0.230. The van der Waals surface area contributed by atoms with Gasteiger partial charge in [-0.3, -0.25) is 4.79 Å². The number of nitrogens with zero attached hydrogens (tertiary/aromatic N) is 1. The normalized spacial score (nSPS) is 10.5. The van der Waals surface area contributed by atoms with Gasteiger partial charge in [0.25, 0.3) is 5.91 Å². The Morgan fingerprint density at radius 1 is 1.25 bits per heavy atom. The van der Waals surface area contributed by atoms with Crippen molar-refractivity contribution in [1.82, 2.24) is 15.8 Å². The zero-order chi connectivity index (χ0) is 14.4. The molecule has 1 heterocycles. The molecule has 1 aromatic heterocycles. The van der Waals surface area contributed by atoms with Gasteiger partial charge in [-0.05, 0) is 26.9 Å². The number of nitrogens with one attached hydrogen (secondary N) is 2. The van der Waals surface area contributed by atoms with E-state index >= 15 is 0 Å². The molecule has 2 aromatic rings. The molecule has 0 unspecified atom stereocenters. The molecule has 5 nitrogen and oxygen atoms in total.